The van der Waals surface area contributed by atoms with Crippen LogP contribution in [-0.4, -0.2) is 96.7 Å². The number of phosphoric ester groups is 2. The third-order valence-electron chi connectivity index (χ3n) is 18.6. The van der Waals surface area contributed by atoms with E-state index >= 15 is 0 Å². The molecule has 0 aromatic rings. The van der Waals surface area contributed by atoms with Crippen LogP contribution in [0.25, 0.3) is 0 Å². The Labute approximate surface area is 594 Å². The molecule has 19 heteroatoms. The highest BCUT2D eigenvalue weighted by atomic mass is 31.2. The van der Waals surface area contributed by atoms with Gasteiger partial charge in [0.25, 0.3) is 0 Å². The van der Waals surface area contributed by atoms with Gasteiger partial charge in [0.15, 0.2) is 12.2 Å². The Morgan fingerprint density at radius 2 is 0.495 bits per heavy atom. The molecule has 97 heavy (non-hydrogen) atoms. The molecule has 0 bridgehead atoms. The first-order chi connectivity index (χ1) is 47.1. The number of aliphatic hydroxyl groups is 1. The molecule has 0 aliphatic heterocycles. The third kappa shape index (κ3) is 70.9. The van der Waals surface area contributed by atoms with E-state index in [0.717, 1.165) is 102 Å². The molecule has 0 spiro atoms. The van der Waals surface area contributed by atoms with Crippen LogP contribution in [-0.2, 0) is 65.4 Å². The number of esters is 4. The van der Waals surface area contributed by atoms with Crippen LogP contribution in [0.3, 0.4) is 0 Å². The van der Waals surface area contributed by atoms with Crippen molar-refractivity contribution in [3.05, 3.63) is 0 Å². The number of aliphatic hydroxyl groups excluding tert-OH is 1. The van der Waals surface area contributed by atoms with Gasteiger partial charge in [-0.05, 0) is 31.6 Å². The van der Waals surface area contributed by atoms with E-state index in [1.165, 1.54) is 231 Å². The molecule has 0 rings (SSSR count). The molecule has 0 radical (unpaired) electrons. The number of ether oxygens (including phenoxy) is 4. The van der Waals surface area contributed by atoms with Crippen LogP contribution in [0.5, 0.6) is 0 Å². The molecule has 3 N–H and O–H groups in total. The lowest BCUT2D eigenvalue weighted by Gasteiger charge is -2.21. The van der Waals surface area contributed by atoms with Crippen LogP contribution in [0, 0.1) is 5.92 Å². The van der Waals surface area contributed by atoms with E-state index in [4.69, 9.17) is 37.0 Å². The van der Waals surface area contributed by atoms with E-state index in [-0.39, 0.29) is 25.7 Å². The average Bonchev–Trinajstić information content (AvgIpc) is 1.02. The number of rotatable bonds is 78. The molecule has 0 aromatic carbocycles. The summed E-state index contributed by atoms with van der Waals surface area (Å²) in [5, 5.41) is 10.6. The summed E-state index contributed by atoms with van der Waals surface area (Å²) in [6.07, 6.45) is 61.0. The number of hydrogen-bond acceptors (Lipinski definition) is 15. The number of phosphoric acid groups is 2. The summed E-state index contributed by atoms with van der Waals surface area (Å²) in [7, 11) is -9.91. The first kappa shape index (κ1) is 95.1. The van der Waals surface area contributed by atoms with E-state index in [9.17, 15) is 43.2 Å². The maximum Gasteiger partial charge on any atom is 0.472 e. The number of carbonyl (C=O) groups excluding carboxylic acids is 4. The minimum absolute atomic E-state index is 0.108. The summed E-state index contributed by atoms with van der Waals surface area (Å²) in [5.74, 6) is -1.24. The lowest BCUT2D eigenvalue weighted by molar-refractivity contribution is -0.161. The molecule has 0 aliphatic rings. The van der Waals surface area contributed by atoms with Crippen molar-refractivity contribution in [2.45, 2.75) is 432 Å². The van der Waals surface area contributed by atoms with Gasteiger partial charge in [0.05, 0.1) is 26.4 Å². The van der Waals surface area contributed by atoms with Crippen LogP contribution in [0.2, 0.25) is 0 Å². The second kappa shape index (κ2) is 71.1. The summed E-state index contributed by atoms with van der Waals surface area (Å²) in [6.45, 7) is 7.35. The molecule has 0 saturated heterocycles. The van der Waals surface area contributed by atoms with Crippen LogP contribution >= 0.6 is 15.6 Å². The smallest absolute Gasteiger partial charge is 0.462 e. The topological polar surface area (TPSA) is 237 Å². The average molecular weight is 1420 g/mol. The van der Waals surface area contributed by atoms with Crippen molar-refractivity contribution in [2.24, 2.45) is 5.92 Å². The molecule has 0 heterocycles. The van der Waals surface area contributed by atoms with Gasteiger partial charge in [-0.15, -0.1) is 0 Å². The van der Waals surface area contributed by atoms with E-state index < -0.39 is 97.5 Å². The molecule has 0 aliphatic carbocycles. The summed E-state index contributed by atoms with van der Waals surface area (Å²) in [4.78, 5) is 72.8. The molecule has 17 nitrogen and oxygen atoms in total. The molecule has 6 atom stereocenters. The van der Waals surface area contributed by atoms with Gasteiger partial charge in [0, 0.05) is 25.7 Å². The van der Waals surface area contributed by atoms with Gasteiger partial charge in [0.2, 0.25) is 0 Å². The maximum atomic E-state index is 13.1. The highest BCUT2D eigenvalue weighted by Crippen LogP contribution is 2.45. The Hall–Kier alpha value is -1.94. The zero-order valence-corrected chi connectivity index (χ0v) is 65.0. The van der Waals surface area contributed by atoms with E-state index in [1.807, 2.05) is 0 Å². The highest BCUT2D eigenvalue weighted by Gasteiger charge is 2.30. The predicted molar refractivity (Wildman–Crippen MR) is 395 cm³/mol. The molecular formula is C78H152O17P2. The number of unbranched alkanes of at least 4 members (excludes halogenated alkanes) is 49. The van der Waals surface area contributed by atoms with Crippen LogP contribution < -0.4 is 0 Å². The summed E-state index contributed by atoms with van der Waals surface area (Å²) < 4.78 is 68.5. The second-order valence-corrected chi connectivity index (χ2v) is 31.3. The zero-order chi connectivity index (χ0) is 71.2. The quantitative estimate of drug-likeness (QED) is 0.0222. The van der Waals surface area contributed by atoms with E-state index in [0.29, 0.717) is 25.7 Å². The van der Waals surface area contributed by atoms with Crippen LogP contribution in [0.15, 0.2) is 0 Å². The van der Waals surface area contributed by atoms with Crippen LogP contribution in [0.1, 0.15) is 413 Å². The van der Waals surface area contributed by atoms with Crippen LogP contribution in [0.4, 0.5) is 0 Å². The van der Waals surface area contributed by atoms with Gasteiger partial charge in [0.1, 0.15) is 19.3 Å². The molecule has 3 unspecified atom stereocenters. The maximum absolute atomic E-state index is 13.1. The lowest BCUT2D eigenvalue weighted by Crippen LogP contribution is -2.30. The molecule has 576 valence electrons. The fourth-order valence-corrected chi connectivity index (χ4v) is 13.6. The first-order valence-electron chi connectivity index (χ1n) is 40.7. The molecular weight excluding hydrogens is 1270 g/mol. The normalized spacial score (nSPS) is 14.2. The Bertz CT molecular complexity index is 1860. The SMILES string of the molecule is CCCCCCCCCCCCCCCCC(=O)OC[C@H](COP(=O)(O)OC[C@@H](O)COP(=O)(O)OC[C@@H](COC(=O)CCCCCCCCCC)OC(=O)CCCCCCCCCCCCCCC)OC(=O)CCCCCCCCCCCCCCCCCCCCC(C)CC. The van der Waals surface area contributed by atoms with Crippen molar-refractivity contribution in [3.8, 4) is 0 Å². The van der Waals surface area contributed by atoms with Gasteiger partial charge in [-0.2, -0.15) is 0 Å². The van der Waals surface area contributed by atoms with Gasteiger partial charge < -0.3 is 33.8 Å². The van der Waals surface area contributed by atoms with Crippen molar-refractivity contribution >= 4 is 39.5 Å². The lowest BCUT2D eigenvalue weighted by atomic mass is 9.99. The van der Waals surface area contributed by atoms with Gasteiger partial charge >= 0.3 is 39.5 Å². The summed E-state index contributed by atoms with van der Waals surface area (Å²) >= 11 is 0. The Morgan fingerprint density at radius 3 is 0.732 bits per heavy atom. The van der Waals surface area contributed by atoms with Crippen molar-refractivity contribution in [2.75, 3.05) is 39.6 Å². The molecule has 0 amide bonds. The molecule has 0 aromatic heterocycles. The second-order valence-electron chi connectivity index (χ2n) is 28.3. The Morgan fingerprint density at radius 1 is 0.289 bits per heavy atom. The predicted octanol–water partition coefficient (Wildman–Crippen LogP) is 23.3. The largest absolute Gasteiger partial charge is 0.472 e. The fraction of sp³-hybridized carbons (Fsp3) is 0.949. The third-order valence-corrected chi connectivity index (χ3v) is 20.5. The van der Waals surface area contributed by atoms with Gasteiger partial charge in [-0.3, -0.25) is 37.3 Å². The highest BCUT2D eigenvalue weighted by molar-refractivity contribution is 7.47. The Kier molecular flexibility index (Phi) is 69.6. The fourth-order valence-electron chi connectivity index (χ4n) is 12.0. The van der Waals surface area contributed by atoms with Crippen molar-refractivity contribution < 1.29 is 80.2 Å². The minimum atomic E-state index is -4.96. The zero-order valence-electron chi connectivity index (χ0n) is 63.2. The standard InChI is InChI=1S/C78H152O17P2/c1-6-10-13-16-19-22-24-26-35-38-42-47-52-57-62-76(81)89-68-74(95-78(83)64-59-54-49-44-40-36-32-30-28-27-29-31-34-37-41-45-50-55-60-71(5)9-4)70-93-97(86,87)91-66-72(79)65-90-96(84,85)92-69-73(67-88-75(80)61-56-51-46-21-18-15-12-8-3)94-77(82)63-58-53-48-43-39-33-25-23-20-17-14-11-7-2/h71-74,79H,6-70H2,1-5H3,(H,84,85)(H,86,87)/t71?,72-,73+,74+/m0/s1. The molecule has 0 saturated carbocycles. The van der Waals surface area contributed by atoms with Crippen molar-refractivity contribution in [1.29, 1.82) is 0 Å². The first-order valence-corrected chi connectivity index (χ1v) is 43.7. The monoisotopic (exact) mass is 1420 g/mol. The molecule has 0 fully saturated rings. The summed E-state index contributed by atoms with van der Waals surface area (Å²) in [6, 6.07) is 0. The van der Waals surface area contributed by atoms with E-state index in [1.54, 1.807) is 0 Å². The van der Waals surface area contributed by atoms with Crippen molar-refractivity contribution in [3.63, 3.8) is 0 Å². The van der Waals surface area contributed by atoms with Gasteiger partial charge in [-0.25, -0.2) is 9.13 Å². The van der Waals surface area contributed by atoms with Gasteiger partial charge in [-0.1, -0.05) is 362 Å². The number of carbonyl (C=O) groups is 4. The van der Waals surface area contributed by atoms with Crippen molar-refractivity contribution in [1.82, 2.24) is 0 Å². The summed E-state index contributed by atoms with van der Waals surface area (Å²) in [5.41, 5.74) is 0. The Balaban J connectivity index is 5.17. The minimum Gasteiger partial charge on any atom is -0.462 e. The number of hydrogen-bond donors (Lipinski definition) is 3. The van der Waals surface area contributed by atoms with E-state index in [2.05, 4.69) is 34.6 Å².